The summed E-state index contributed by atoms with van der Waals surface area (Å²) in [4.78, 5) is 63.5. The second-order valence-corrected chi connectivity index (χ2v) is 11.5. The molecule has 0 radical (unpaired) electrons. The number of benzene rings is 1. The number of alkyl carbamates (subject to hydrolysis) is 2. The monoisotopic (exact) mass is 565 g/mol. The Balaban J connectivity index is 3.33. The van der Waals surface area contributed by atoms with Gasteiger partial charge in [0.15, 0.2) is 0 Å². The van der Waals surface area contributed by atoms with E-state index in [0.29, 0.717) is 5.56 Å². The molecule has 40 heavy (non-hydrogen) atoms. The van der Waals surface area contributed by atoms with Crippen molar-refractivity contribution >= 4 is 30.0 Å². The molecule has 2 unspecified atom stereocenters. The highest BCUT2D eigenvalue weighted by Crippen LogP contribution is 2.16. The van der Waals surface area contributed by atoms with Crippen LogP contribution in [0.25, 0.3) is 0 Å². The van der Waals surface area contributed by atoms with Crippen LogP contribution in [0, 0.1) is 5.92 Å². The van der Waals surface area contributed by atoms with Gasteiger partial charge in [0.05, 0.1) is 13.2 Å². The van der Waals surface area contributed by atoms with E-state index in [9.17, 15) is 24.0 Å². The van der Waals surface area contributed by atoms with Crippen molar-refractivity contribution in [1.82, 2.24) is 16.0 Å². The van der Waals surface area contributed by atoms with Gasteiger partial charge in [0.1, 0.15) is 23.8 Å². The van der Waals surface area contributed by atoms with Crippen LogP contribution in [0.1, 0.15) is 61.0 Å². The highest BCUT2D eigenvalue weighted by atomic mass is 16.6. The van der Waals surface area contributed by atoms with E-state index in [1.54, 1.807) is 85.7 Å². The number of methoxy groups -OCH3 is 1. The van der Waals surface area contributed by atoms with E-state index < -0.39 is 71.9 Å². The van der Waals surface area contributed by atoms with Crippen LogP contribution in [-0.4, -0.2) is 73.1 Å². The van der Waals surface area contributed by atoms with E-state index in [-0.39, 0.29) is 6.42 Å². The number of ether oxygens (including phenoxy) is 4. The van der Waals surface area contributed by atoms with Crippen LogP contribution in [-0.2, 0) is 39.8 Å². The van der Waals surface area contributed by atoms with Crippen LogP contribution in [0.3, 0.4) is 0 Å². The number of carbonyl (C=O) groups excluding carboxylic acids is 5. The van der Waals surface area contributed by atoms with Gasteiger partial charge in [-0.05, 0) is 53.0 Å². The van der Waals surface area contributed by atoms with Gasteiger partial charge in [-0.25, -0.2) is 14.4 Å². The second-order valence-electron chi connectivity index (χ2n) is 11.5. The molecule has 0 spiro atoms. The third-order valence-corrected chi connectivity index (χ3v) is 5.12. The Bertz CT molecular complexity index is 1010. The third-order valence-electron chi connectivity index (χ3n) is 5.12. The van der Waals surface area contributed by atoms with Gasteiger partial charge in [0.25, 0.3) is 5.91 Å². The van der Waals surface area contributed by atoms with Crippen molar-refractivity contribution in [3.63, 3.8) is 0 Å². The molecule has 0 fully saturated rings. The van der Waals surface area contributed by atoms with Crippen LogP contribution in [0.4, 0.5) is 9.59 Å². The number of carbonyl (C=O) groups is 5. The number of hydrogen-bond donors (Lipinski definition) is 3. The van der Waals surface area contributed by atoms with Gasteiger partial charge in [-0.15, -0.1) is 0 Å². The Hall–Kier alpha value is -3.83. The lowest BCUT2D eigenvalue weighted by molar-refractivity contribution is -0.161. The lowest BCUT2D eigenvalue weighted by Crippen LogP contribution is -2.57. The van der Waals surface area contributed by atoms with Crippen LogP contribution < -0.4 is 16.0 Å². The largest absolute Gasteiger partial charge is 0.468 e. The first-order valence-corrected chi connectivity index (χ1v) is 13.0. The Morgan fingerprint density at radius 1 is 0.825 bits per heavy atom. The molecule has 224 valence electrons. The van der Waals surface area contributed by atoms with Crippen LogP contribution in [0.5, 0.6) is 0 Å². The maximum atomic E-state index is 13.5. The molecule has 12 heteroatoms. The zero-order chi connectivity index (χ0) is 30.7. The standard InChI is InChI=1S/C28H43N3O9/c1-17(2)21(31-26(36)40-28(6,7)8)22(23(33)29-16-20(32)37-9)38-24(34)19(15-18-13-11-10-12-14-18)30-25(35)39-27(3,4)5/h10-14,17,19,21-22H,15-16H2,1-9H3,(H,29,33)(H,30,35)(H,31,36)/t19-,21?,22?/m1/s1. The van der Waals surface area contributed by atoms with E-state index in [1.165, 1.54) is 0 Å². The topological polar surface area (TPSA) is 158 Å². The van der Waals surface area contributed by atoms with Gasteiger partial charge in [0, 0.05) is 6.42 Å². The molecule has 0 saturated carbocycles. The first-order chi connectivity index (χ1) is 18.4. The van der Waals surface area contributed by atoms with E-state index in [0.717, 1.165) is 7.11 Å². The van der Waals surface area contributed by atoms with Gasteiger partial charge in [0.2, 0.25) is 6.10 Å². The minimum absolute atomic E-state index is 0.0290. The number of amides is 3. The maximum Gasteiger partial charge on any atom is 0.408 e. The number of rotatable bonds is 11. The Morgan fingerprint density at radius 2 is 1.35 bits per heavy atom. The fraction of sp³-hybridized carbons (Fsp3) is 0.607. The van der Waals surface area contributed by atoms with Gasteiger partial charge in [-0.1, -0.05) is 44.2 Å². The molecular weight excluding hydrogens is 522 g/mol. The summed E-state index contributed by atoms with van der Waals surface area (Å²) < 4.78 is 20.9. The normalized spacial score (nSPS) is 13.8. The second kappa shape index (κ2) is 15.1. The van der Waals surface area contributed by atoms with E-state index in [4.69, 9.17) is 14.2 Å². The van der Waals surface area contributed by atoms with Crippen LogP contribution in [0.15, 0.2) is 30.3 Å². The number of esters is 2. The predicted octanol–water partition coefficient (Wildman–Crippen LogP) is 2.87. The van der Waals surface area contributed by atoms with E-state index in [2.05, 4.69) is 20.7 Å². The van der Waals surface area contributed by atoms with Gasteiger partial charge >= 0.3 is 24.1 Å². The Labute approximate surface area is 235 Å². The average molecular weight is 566 g/mol. The molecule has 0 aromatic heterocycles. The molecular formula is C28H43N3O9. The predicted molar refractivity (Wildman–Crippen MR) is 146 cm³/mol. The molecule has 12 nitrogen and oxygen atoms in total. The SMILES string of the molecule is COC(=O)CNC(=O)C(OC(=O)[C@@H](Cc1ccccc1)NC(=O)OC(C)(C)C)C(NC(=O)OC(C)(C)C)C(C)C. The van der Waals surface area contributed by atoms with Crippen molar-refractivity contribution in [3.8, 4) is 0 Å². The fourth-order valence-corrected chi connectivity index (χ4v) is 3.36. The smallest absolute Gasteiger partial charge is 0.408 e. The van der Waals surface area contributed by atoms with Crippen molar-refractivity contribution in [2.45, 2.75) is 91.2 Å². The summed E-state index contributed by atoms with van der Waals surface area (Å²) in [6, 6.07) is 6.56. The molecule has 0 aliphatic rings. The molecule has 0 saturated heterocycles. The van der Waals surface area contributed by atoms with Crippen molar-refractivity contribution in [2.75, 3.05) is 13.7 Å². The van der Waals surface area contributed by atoms with Gasteiger partial charge in [-0.3, -0.25) is 9.59 Å². The minimum atomic E-state index is -1.59. The van der Waals surface area contributed by atoms with E-state index in [1.807, 2.05) is 0 Å². The molecule has 1 rings (SSSR count). The molecule has 3 amide bonds. The summed E-state index contributed by atoms with van der Waals surface area (Å²) in [6.45, 7) is 13.0. The Morgan fingerprint density at radius 3 is 1.82 bits per heavy atom. The summed E-state index contributed by atoms with van der Waals surface area (Å²) in [6.07, 6.45) is -3.25. The van der Waals surface area contributed by atoms with Crippen LogP contribution >= 0.6 is 0 Å². The van der Waals surface area contributed by atoms with Gasteiger partial charge < -0.3 is 34.9 Å². The molecule has 0 aliphatic heterocycles. The molecule has 1 aromatic carbocycles. The van der Waals surface area contributed by atoms with Crippen molar-refractivity contribution < 1.29 is 42.9 Å². The summed E-state index contributed by atoms with van der Waals surface area (Å²) >= 11 is 0. The third kappa shape index (κ3) is 13.3. The Kier molecular flexibility index (Phi) is 12.9. The van der Waals surface area contributed by atoms with Crippen molar-refractivity contribution in [1.29, 1.82) is 0 Å². The minimum Gasteiger partial charge on any atom is -0.468 e. The summed E-state index contributed by atoms with van der Waals surface area (Å²) in [5.74, 6) is -2.97. The van der Waals surface area contributed by atoms with Crippen molar-refractivity contribution in [2.24, 2.45) is 5.92 Å². The number of nitrogens with one attached hydrogen (secondary N) is 3. The molecule has 0 bridgehead atoms. The molecule has 3 N–H and O–H groups in total. The summed E-state index contributed by atoms with van der Waals surface area (Å²) in [5, 5.41) is 7.47. The lowest BCUT2D eigenvalue weighted by Gasteiger charge is -2.32. The maximum absolute atomic E-state index is 13.5. The van der Waals surface area contributed by atoms with Crippen LogP contribution in [0.2, 0.25) is 0 Å². The quantitative estimate of drug-likeness (QED) is 0.271. The highest BCUT2D eigenvalue weighted by molar-refractivity contribution is 5.89. The molecule has 0 aliphatic carbocycles. The number of hydrogen-bond acceptors (Lipinski definition) is 9. The zero-order valence-electron chi connectivity index (χ0n) is 24.8. The van der Waals surface area contributed by atoms with Crippen molar-refractivity contribution in [3.05, 3.63) is 35.9 Å². The summed E-state index contributed by atoms with van der Waals surface area (Å²) in [7, 11) is 1.16. The first-order valence-electron chi connectivity index (χ1n) is 13.0. The van der Waals surface area contributed by atoms with Gasteiger partial charge in [-0.2, -0.15) is 0 Å². The first kappa shape index (κ1) is 34.2. The highest BCUT2D eigenvalue weighted by Gasteiger charge is 2.38. The molecule has 1 aromatic rings. The average Bonchev–Trinajstić information content (AvgIpc) is 2.82. The zero-order valence-corrected chi connectivity index (χ0v) is 24.8. The van der Waals surface area contributed by atoms with E-state index >= 15 is 0 Å². The fourth-order valence-electron chi connectivity index (χ4n) is 3.36. The summed E-state index contributed by atoms with van der Waals surface area (Å²) in [5.41, 5.74) is -0.954. The molecule has 0 heterocycles. The molecule has 3 atom stereocenters. The lowest BCUT2D eigenvalue weighted by atomic mass is 9.97.